The minimum atomic E-state index is -1.40. The highest BCUT2D eigenvalue weighted by Crippen LogP contribution is 2.32. The zero-order valence-electron chi connectivity index (χ0n) is 23.2. The molecule has 1 fully saturated rings. The Hall–Kier alpha value is -4.19. The second-order valence-corrected chi connectivity index (χ2v) is 8.89. The van der Waals surface area contributed by atoms with Crippen molar-refractivity contribution >= 4 is 35.4 Å². The second kappa shape index (κ2) is 16.2. The highest BCUT2D eigenvalue weighted by Gasteiger charge is 2.47. The van der Waals surface area contributed by atoms with Crippen molar-refractivity contribution in [2.75, 3.05) is 39.2 Å². The molecule has 1 aliphatic heterocycles. The SMILES string of the molecule is C#CCOCCC(=O)N(C)CC(=O)Nc1cc(CO)ccc1O[C@@H]1OC(C(=O)OC)[C@H](OC(C)=O)CC1OC(C)=O. The standard InChI is InChI=1S/C27H34N2O12/c1-6-10-37-11-9-24(34)29(4)14-23(33)28-19-12-18(15-30)7-8-20(19)40-27-22(39-17(3)32)13-21(38-16(2)31)25(41-27)26(35)36-5/h1,7-8,12,21-22,25,27,30H,9-11,13-15H2,2-5H3,(H,28,33)/t21-,22?,25?,27-/m1/s1. The van der Waals surface area contributed by atoms with Crippen molar-refractivity contribution in [1.29, 1.82) is 0 Å². The number of aliphatic hydroxyl groups is 1. The Labute approximate surface area is 237 Å². The molecule has 0 aromatic heterocycles. The maximum Gasteiger partial charge on any atom is 0.339 e. The minimum absolute atomic E-state index is 0.0199. The Bertz CT molecular complexity index is 1150. The number of hydrogen-bond donors (Lipinski definition) is 2. The van der Waals surface area contributed by atoms with Gasteiger partial charge in [-0.25, -0.2) is 4.79 Å². The number of aliphatic hydroxyl groups excluding tert-OH is 1. The fraction of sp³-hybridized carbons (Fsp3) is 0.519. The summed E-state index contributed by atoms with van der Waals surface area (Å²) in [5.74, 6) is -0.857. The van der Waals surface area contributed by atoms with E-state index in [-0.39, 0.29) is 56.6 Å². The molecule has 2 unspecified atom stereocenters. The lowest BCUT2D eigenvalue weighted by Crippen LogP contribution is -2.55. The second-order valence-electron chi connectivity index (χ2n) is 8.89. The van der Waals surface area contributed by atoms with Crippen LogP contribution >= 0.6 is 0 Å². The predicted molar refractivity (Wildman–Crippen MR) is 140 cm³/mol. The van der Waals surface area contributed by atoms with Crippen LogP contribution in [0, 0.1) is 12.3 Å². The van der Waals surface area contributed by atoms with E-state index in [0.29, 0.717) is 5.56 Å². The van der Waals surface area contributed by atoms with Crippen LogP contribution in [0.1, 0.15) is 32.3 Å². The Balaban J connectivity index is 2.25. The molecule has 0 radical (unpaired) electrons. The number of hydrogen-bond acceptors (Lipinski definition) is 12. The first-order chi connectivity index (χ1) is 19.5. The number of likely N-dealkylation sites (N-methyl/N-ethyl adjacent to an activating group) is 1. The van der Waals surface area contributed by atoms with E-state index in [9.17, 15) is 29.1 Å². The quantitative estimate of drug-likeness (QED) is 0.140. The minimum Gasteiger partial charge on any atom is -0.467 e. The first kappa shape index (κ1) is 33.0. The first-order valence-electron chi connectivity index (χ1n) is 12.5. The molecule has 14 nitrogen and oxygen atoms in total. The van der Waals surface area contributed by atoms with Gasteiger partial charge in [0.15, 0.2) is 12.2 Å². The number of benzene rings is 1. The summed E-state index contributed by atoms with van der Waals surface area (Å²) in [5.41, 5.74) is 0.521. The van der Waals surface area contributed by atoms with Gasteiger partial charge in [-0.3, -0.25) is 19.2 Å². The van der Waals surface area contributed by atoms with Crippen LogP contribution < -0.4 is 10.1 Å². The molecule has 1 heterocycles. The van der Waals surface area contributed by atoms with Crippen molar-refractivity contribution in [2.24, 2.45) is 0 Å². The van der Waals surface area contributed by atoms with Gasteiger partial charge in [0.25, 0.3) is 0 Å². The molecule has 41 heavy (non-hydrogen) atoms. The van der Waals surface area contributed by atoms with E-state index >= 15 is 0 Å². The number of terminal acetylenes is 1. The van der Waals surface area contributed by atoms with Gasteiger partial charge in [-0.1, -0.05) is 12.0 Å². The third kappa shape index (κ3) is 10.4. The number of anilines is 1. The summed E-state index contributed by atoms with van der Waals surface area (Å²) in [5, 5.41) is 12.2. The summed E-state index contributed by atoms with van der Waals surface area (Å²) in [6.07, 6.45) is -0.0914. The fourth-order valence-corrected chi connectivity index (χ4v) is 3.83. The zero-order valence-corrected chi connectivity index (χ0v) is 23.2. The highest BCUT2D eigenvalue weighted by atomic mass is 16.7. The van der Waals surface area contributed by atoms with Crippen LogP contribution in [-0.4, -0.2) is 98.2 Å². The number of rotatable bonds is 13. The summed E-state index contributed by atoms with van der Waals surface area (Å²) in [6.45, 7) is 1.79. The van der Waals surface area contributed by atoms with Gasteiger partial charge in [-0.15, -0.1) is 6.42 Å². The zero-order chi connectivity index (χ0) is 30.5. The van der Waals surface area contributed by atoms with E-state index in [4.69, 9.17) is 34.8 Å². The topological polar surface area (TPSA) is 176 Å². The Morgan fingerprint density at radius 1 is 1.15 bits per heavy atom. The number of nitrogens with zero attached hydrogens (tertiary/aromatic N) is 1. The number of nitrogens with one attached hydrogen (secondary N) is 1. The average molecular weight is 579 g/mol. The third-order valence-electron chi connectivity index (χ3n) is 5.65. The van der Waals surface area contributed by atoms with Crippen molar-refractivity contribution in [3.05, 3.63) is 23.8 Å². The van der Waals surface area contributed by atoms with Crippen LogP contribution in [0.3, 0.4) is 0 Å². The summed E-state index contributed by atoms with van der Waals surface area (Å²) in [6, 6.07) is 4.38. The lowest BCUT2D eigenvalue weighted by molar-refractivity contribution is -0.248. The fourth-order valence-electron chi connectivity index (χ4n) is 3.83. The molecule has 0 saturated carbocycles. The molecule has 1 aromatic rings. The molecule has 0 bridgehead atoms. The molecule has 1 saturated heterocycles. The molecule has 2 amide bonds. The normalized spacial score (nSPS) is 19.7. The number of amides is 2. The molecule has 1 aliphatic rings. The largest absolute Gasteiger partial charge is 0.467 e. The summed E-state index contributed by atoms with van der Waals surface area (Å²) >= 11 is 0. The molecular formula is C27H34N2O12. The lowest BCUT2D eigenvalue weighted by atomic mass is 10.0. The first-order valence-corrected chi connectivity index (χ1v) is 12.5. The summed E-state index contributed by atoms with van der Waals surface area (Å²) in [7, 11) is 2.56. The molecule has 14 heteroatoms. The molecule has 0 aliphatic carbocycles. The highest BCUT2D eigenvalue weighted by molar-refractivity contribution is 5.95. The van der Waals surface area contributed by atoms with E-state index in [1.807, 2.05) is 0 Å². The molecule has 1 aromatic carbocycles. The van der Waals surface area contributed by atoms with Gasteiger partial charge in [0.1, 0.15) is 18.5 Å². The smallest absolute Gasteiger partial charge is 0.339 e. The number of carbonyl (C=O) groups excluding carboxylic acids is 5. The van der Waals surface area contributed by atoms with Crippen LogP contribution in [0.2, 0.25) is 0 Å². The van der Waals surface area contributed by atoms with E-state index in [1.54, 1.807) is 0 Å². The van der Waals surface area contributed by atoms with Crippen molar-refractivity contribution in [2.45, 2.75) is 57.9 Å². The molecule has 2 rings (SSSR count). The number of methoxy groups -OCH3 is 1. The summed E-state index contributed by atoms with van der Waals surface area (Å²) < 4.78 is 32.1. The van der Waals surface area contributed by atoms with Crippen LogP contribution in [-0.2, 0) is 54.3 Å². The Morgan fingerprint density at radius 3 is 2.44 bits per heavy atom. The van der Waals surface area contributed by atoms with Crippen LogP contribution in [0.25, 0.3) is 0 Å². The van der Waals surface area contributed by atoms with Crippen LogP contribution in [0.15, 0.2) is 18.2 Å². The van der Waals surface area contributed by atoms with Crippen molar-refractivity contribution in [3.63, 3.8) is 0 Å². The molecule has 224 valence electrons. The predicted octanol–water partition coefficient (Wildman–Crippen LogP) is 0.146. The lowest BCUT2D eigenvalue weighted by Gasteiger charge is -2.38. The third-order valence-corrected chi connectivity index (χ3v) is 5.65. The van der Waals surface area contributed by atoms with Crippen molar-refractivity contribution in [1.82, 2.24) is 4.90 Å². The van der Waals surface area contributed by atoms with Crippen LogP contribution in [0.4, 0.5) is 5.69 Å². The van der Waals surface area contributed by atoms with Gasteiger partial charge in [0.05, 0.1) is 39.0 Å². The van der Waals surface area contributed by atoms with Crippen molar-refractivity contribution < 1.29 is 57.5 Å². The maximum absolute atomic E-state index is 12.8. The number of ether oxygens (including phenoxy) is 6. The molecule has 2 N–H and O–H groups in total. The van der Waals surface area contributed by atoms with Gasteiger partial charge in [0, 0.05) is 27.3 Å². The van der Waals surface area contributed by atoms with Gasteiger partial charge in [-0.05, 0) is 17.7 Å². The maximum atomic E-state index is 12.8. The molecule has 4 atom stereocenters. The van der Waals surface area contributed by atoms with Gasteiger partial charge in [-0.2, -0.15) is 0 Å². The number of esters is 3. The van der Waals surface area contributed by atoms with E-state index in [2.05, 4.69) is 11.2 Å². The number of carbonyl (C=O) groups is 5. The van der Waals surface area contributed by atoms with E-state index < -0.39 is 48.4 Å². The monoisotopic (exact) mass is 578 g/mol. The van der Waals surface area contributed by atoms with Crippen molar-refractivity contribution in [3.8, 4) is 18.1 Å². The van der Waals surface area contributed by atoms with Gasteiger partial charge >= 0.3 is 17.9 Å². The Morgan fingerprint density at radius 2 is 1.83 bits per heavy atom. The van der Waals surface area contributed by atoms with Gasteiger partial charge < -0.3 is 43.7 Å². The molecule has 0 spiro atoms. The average Bonchev–Trinajstić information content (AvgIpc) is 2.91. The summed E-state index contributed by atoms with van der Waals surface area (Å²) in [4.78, 5) is 62.1. The van der Waals surface area contributed by atoms with Crippen LogP contribution in [0.5, 0.6) is 5.75 Å². The van der Waals surface area contributed by atoms with Gasteiger partial charge in [0.2, 0.25) is 18.1 Å². The van der Waals surface area contributed by atoms with E-state index in [0.717, 1.165) is 21.0 Å². The Kier molecular flexibility index (Phi) is 13.0. The van der Waals surface area contributed by atoms with E-state index in [1.165, 1.54) is 30.1 Å². The molecular weight excluding hydrogens is 544 g/mol.